The molecule has 1 unspecified atom stereocenters. The van der Waals surface area contributed by atoms with Gasteiger partial charge >= 0.3 is 0 Å². The Morgan fingerprint density at radius 3 is 2.39 bits per heavy atom. The summed E-state index contributed by atoms with van der Waals surface area (Å²) >= 11 is 9.67. The van der Waals surface area contributed by atoms with Crippen LogP contribution in [0.3, 0.4) is 0 Å². The van der Waals surface area contributed by atoms with Crippen LogP contribution in [0, 0.1) is 5.92 Å². The predicted octanol–water partition coefficient (Wildman–Crippen LogP) is 5.97. The minimum Gasteiger partial charge on any atom is -0.483 e. The molecule has 2 aromatic carbocycles. The van der Waals surface area contributed by atoms with E-state index in [0.717, 1.165) is 15.6 Å². The second-order valence-corrected chi connectivity index (χ2v) is 10.9. The lowest BCUT2D eigenvalue weighted by atomic mass is 9.87. The number of carbonyl (C=O) groups is 2. The highest BCUT2D eigenvalue weighted by molar-refractivity contribution is 9.10. The minimum absolute atomic E-state index is 0.00338. The number of hydrogen-bond donors (Lipinski definition) is 1. The first-order chi connectivity index (χ1) is 15.4. The summed E-state index contributed by atoms with van der Waals surface area (Å²) in [4.78, 5) is 27.5. The van der Waals surface area contributed by atoms with Gasteiger partial charge in [-0.15, -0.1) is 0 Å². The van der Waals surface area contributed by atoms with Crippen molar-refractivity contribution >= 4 is 39.3 Å². The van der Waals surface area contributed by atoms with Crippen molar-refractivity contribution in [3.63, 3.8) is 0 Å². The molecule has 0 bridgehead atoms. The summed E-state index contributed by atoms with van der Waals surface area (Å²) < 4.78 is 6.63. The smallest absolute Gasteiger partial charge is 0.261 e. The summed E-state index contributed by atoms with van der Waals surface area (Å²) in [6, 6.07) is 12.5. The van der Waals surface area contributed by atoms with Crippen molar-refractivity contribution in [2.45, 2.75) is 59.5 Å². The Morgan fingerprint density at radius 2 is 1.82 bits per heavy atom. The molecule has 1 N–H and O–H groups in total. The molecule has 2 rings (SSSR count). The summed E-state index contributed by atoms with van der Waals surface area (Å²) in [7, 11) is 0. The molecule has 0 aliphatic rings. The van der Waals surface area contributed by atoms with Crippen LogP contribution < -0.4 is 10.1 Å². The number of rotatable bonds is 9. The van der Waals surface area contributed by atoms with Gasteiger partial charge in [0.25, 0.3) is 5.91 Å². The van der Waals surface area contributed by atoms with Crippen LogP contribution in [-0.2, 0) is 21.5 Å². The van der Waals surface area contributed by atoms with Crippen molar-refractivity contribution in [3.8, 4) is 5.75 Å². The fourth-order valence-corrected chi connectivity index (χ4v) is 3.88. The fourth-order valence-electron chi connectivity index (χ4n) is 3.17. The molecule has 180 valence electrons. The molecule has 0 fully saturated rings. The number of hydrogen-bond acceptors (Lipinski definition) is 3. The van der Waals surface area contributed by atoms with E-state index in [-0.39, 0.29) is 30.4 Å². The van der Waals surface area contributed by atoms with Crippen molar-refractivity contribution in [1.82, 2.24) is 10.2 Å². The average Bonchev–Trinajstić information content (AvgIpc) is 2.73. The molecule has 33 heavy (non-hydrogen) atoms. The maximum absolute atomic E-state index is 13.2. The van der Waals surface area contributed by atoms with E-state index >= 15 is 0 Å². The van der Waals surface area contributed by atoms with E-state index in [1.165, 1.54) is 4.90 Å². The highest BCUT2D eigenvalue weighted by Crippen LogP contribution is 2.31. The van der Waals surface area contributed by atoms with E-state index in [1.54, 1.807) is 19.1 Å². The van der Waals surface area contributed by atoms with Crippen LogP contribution in [0.4, 0.5) is 0 Å². The number of halogens is 2. The van der Waals surface area contributed by atoms with Crippen LogP contribution in [0.1, 0.15) is 52.7 Å². The van der Waals surface area contributed by atoms with E-state index in [1.807, 2.05) is 44.2 Å². The number of nitrogens with one attached hydrogen (secondary N) is 1. The molecule has 7 heteroatoms. The summed E-state index contributed by atoms with van der Waals surface area (Å²) in [5.41, 5.74) is 2.00. The zero-order valence-electron chi connectivity index (χ0n) is 20.2. The first-order valence-electron chi connectivity index (χ1n) is 11.1. The zero-order chi connectivity index (χ0) is 24.8. The molecule has 0 saturated carbocycles. The Labute approximate surface area is 211 Å². The highest BCUT2D eigenvalue weighted by atomic mass is 79.9. The largest absolute Gasteiger partial charge is 0.483 e. The lowest BCUT2D eigenvalue weighted by Crippen LogP contribution is -2.49. The second kappa shape index (κ2) is 11.9. The predicted molar refractivity (Wildman–Crippen MR) is 138 cm³/mol. The van der Waals surface area contributed by atoms with Crippen LogP contribution in [-0.4, -0.2) is 35.9 Å². The van der Waals surface area contributed by atoms with Crippen LogP contribution in [0.25, 0.3) is 0 Å². The van der Waals surface area contributed by atoms with Gasteiger partial charge in [-0.25, -0.2) is 0 Å². The molecule has 0 spiro atoms. The van der Waals surface area contributed by atoms with Gasteiger partial charge in [0, 0.05) is 18.1 Å². The molecule has 0 heterocycles. The first kappa shape index (κ1) is 27.2. The number of benzene rings is 2. The van der Waals surface area contributed by atoms with E-state index in [0.29, 0.717) is 23.2 Å². The van der Waals surface area contributed by atoms with Crippen molar-refractivity contribution in [2.24, 2.45) is 5.92 Å². The molecule has 0 saturated heterocycles. The Morgan fingerprint density at radius 1 is 1.12 bits per heavy atom. The highest BCUT2D eigenvalue weighted by Gasteiger charge is 2.27. The van der Waals surface area contributed by atoms with Crippen molar-refractivity contribution in [1.29, 1.82) is 0 Å². The molecular weight excluding hydrogens is 504 g/mol. The van der Waals surface area contributed by atoms with Crippen LogP contribution in [0.5, 0.6) is 5.75 Å². The summed E-state index contributed by atoms with van der Waals surface area (Å²) in [6.45, 7) is 12.8. The normalized spacial score (nSPS) is 12.4. The maximum atomic E-state index is 13.2. The van der Waals surface area contributed by atoms with E-state index in [4.69, 9.17) is 16.3 Å². The SMILES string of the molecule is CC(C)CNC(=O)C(C)N(Cc1cccc(Cl)c1)C(=O)COc1ccc(C(C)(C)C)cc1Br. The van der Waals surface area contributed by atoms with Gasteiger partial charge in [0.15, 0.2) is 6.61 Å². The fraction of sp³-hybridized carbons (Fsp3) is 0.462. The van der Waals surface area contributed by atoms with Gasteiger partial charge in [-0.05, 0) is 69.6 Å². The Hall–Kier alpha value is -2.05. The third kappa shape index (κ3) is 8.35. The van der Waals surface area contributed by atoms with Crippen molar-refractivity contribution < 1.29 is 14.3 Å². The molecule has 0 aliphatic heterocycles. The number of ether oxygens (including phenoxy) is 1. The third-order valence-electron chi connectivity index (χ3n) is 5.24. The molecular formula is C26H34BrClN2O3. The van der Waals surface area contributed by atoms with Gasteiger partial charge in [-0.2, -0.15) is 0 Å². The Balaban J connectivity index is 2.17. The van der Waals surface area contributed by atoms with Crippen molar-refractivity contribution in [2.75, 3.05) is 13.2 Å². The molecule has 5 nitrogen and oxygen atoms in total. The summed E-state index contributed by atoms with van der Waals surface area (Å²) in [5.74, 6) is 0.412. The second-order valence-electron chi connectivity index (χ2n) is 9.65. The van der Waals surface area contributed by atoms with Gasteiger partial charge in [0.2, 0.25) is 5.91 Å². The zero-order valence-corrected chi connectivity index (χ0v) is 22.6. The summed E-state index contributed by atoms with van der Waals surface area (Å²) in [5, 5.41) is 3.49. The van der Waals surface area contributed by atoms with E-state index in [2.05, 4.69) is 42.0 Å². The Kier molecular flexibility index (Phi) is 9.80. The molecule has 0 radical (unpaired) electrons. The summed E-state index contributed by atoms with van der Waals surface area (Å²) in [6.07, 6.45) is 0. The Bertz CT molecular complexity index is 972. The van der Waals surface area contributed by atoms with Gasteiger partial charge in [0.1, 0.15) is 11.8 Å². The van der Waals surface area contributed by atoms with Gasteiger partial charge in [0.05, 0.1) is 4.47 Å². The molecule has 2 aromatic rings. The average molecular weight is 538 g/mol. The molecule has 0 aliphatic carbocycles. The molecule has 0 aromatic heterocycles. The number of amides is 2. The van der Waals surface area contributed by atoms with Crippen LogP contribution in [0.15, 0.2) is 46.9 Å². The number of nitrogens with zero attached hydrogens (tertiary/aromatic N) is 1. The van der Waals surface area contributed by atoms with E-state index in [9.17, 15) is 9.59 Å². The quantitative estimate of drug-likeness (QED) is 0.429. The number of carbonyl (C=O) groups excluding carboxylic acids is 2. The van der Waals surface area contributed by atoms with Gasteiger partial charge in [-0.1, -0.05) is 64.4 Å². The molecule has 1 atom stereocenters. The van der Waals surface area contributed by atoms with Crippen LogP contribution >= 0.6 is 27.5 Å². The van der Waals surface area contributed by atoms with Crippen molar-refractivity contribution in [3.05, 3.63) is 63.1 Å². The standard InChI is InChI=1S/C26H34BrClN2O3/c1-17(2)14-29-25(32)18(3)30(15-19-8-7-9-21(28)12-19)24(31)16-33-23-11-10-20(13-22(23)27)26(4,5)6/h7-13,17-18H,14-16H2,1-6H3,(H,29,32). The van der Waals surface area contributed by atoms with Gasteiger partial charge in [-0.3, -0.25) is 9.59 Å². The topological polar surface area (TPSA) is 58.6 Å². The lowest BCUT2D eigenvalue weighted by Gasteiger charge is -2.29. The monoisotopic (exact) mass is 536 g/mol. The third-order valence-corrected chi connectivity index (χ3v) is 6.10. The maximum Gasteiger partial charge on any atom is 0.261 e. The molecule has 2 amide bonds. The van der Waals surface area contributed by atoms with Gasteiger partial charge < -0.3 is 15.0 Å². The first-order valence-corrected chi connectivity index (χ1v) is 12.3. The van der Waals surface area contributed by atoms with Crippen LogP contribution in [0.2, 0.25) is 5.02 Å². The minimum atomic E-state index is -0.662. The van der Waals surface area contributed by atoms with E-state index < -0.39 is 6.04 Å². The lowest BCUT2D eigenvalue weighted by molar-refractivity contribution is -0.142.